The van der Waals surface area contributed by atoms with Crippen LogP contribution < -0.4 is 0 Å². The second-order valence-corrected chi connectivity index (χ2v) is 4.36. The van der Waals surface area contributed by atoms with Gasteiger partial charge in [0.05, 0.1) is 12.7 Å². The number of hydrogen-bond donors (Lipinski definition) is 1. The van der Waals surface area contributed by atoms with Gasteiger partial charge in [0.25, 0.3) is 0 Å². The molecule has 3 heteroatoms. The van der Waals surface area contributed by atoms with Crippen LogP contribution in [-0.2, 0) is 4.74 Å². The third kappa shape index (κ3) is 4.49. The Morgan fingerprint density at radius 2 is 2.13 bits per heavy atom. The predicted octanol–water partition coefficient (Wildman–Crippen LogP) is 1.51. The Balaban J connectivity index is 2.18. The maximum absolute atomic E-state index is 10.0. The Kier molecular flexibility index (Phi) is 6.22. The zero-order valence-electron chi connectivity index (χ0n) is 10.1. The highest BCUT2D eigenvalue weighted by atomic mass is 16.5. The molecule has 0 aromatic carbocycles. The van der Waals surface area contributed by atoms with Crippen LogP contribution in [-0.4, -0.2) is 49.0 Å². The molecule has 1 aliphatic heterocycles. The summed E-state index contributed by atoms with van der Waals surface area (Å²) in [5, 5.41) is 10.0. The molecule has 0 amide bonds. The van der Waals surface area contributed by atoms with Crippen molar-refractivity contribution >= 4 is 0 Å². The zero-order valence-corrected chi connectivity index (χ0v) is 10.1. The van der Waals surface area contributed by atoms with Gasteiger partial charge in [-0.15, -0.1) is 0 Å². The van der Waals surface area contributed by atoms with Gasteiger partial charge in [-0.1, -0.05) is 13.8 Å². The standard InChI is InChI=1S/C12H25NO2/c1-3-13(4-2)8-7-12(14)11-6-5-9-15-10-11/h11-12,14H,3-10H2,1-2H3. The highest BCUT2D eigenvalue weighted by Gasteiger charge is 2.22. The molecule has 2 atom stereocenters. The number of hydrogen-bond acceptors (Lipinski definition) is 3. The largest absolute Gasteiger partial charge is 0.393 e. The van der Waals surface area contributed by atoms with E-state index >= 15 is 0 Å². The molecular weight excluding hydrogens is 190 g/mol. The minimum atomic E-state index is -0.175. The molecule has 1 N–H and O–H groups in total. The molecule has 3 nitrogen and oxygen atoms in total. The van der Waals surface area contributed by atoms with E-state index in [2.05, 4.69) is 18.7 Å². The predicted molar refractivity (Wildman–Crippen MR) is 62.0 cm³/mol. The molecule has 0 spiro atoms. The Hall–Kier alpha value is -0.120. The first kappa shape index (κ1) is 12.9. The van der Waals surface area contributed by atoms with Gasteiger partial charge < -0.3 is 14.7 Å². The second kappa shape index (κ2) is 7.20. The van der Waals surface area contributed by atoms with Crippen molar-refractivity contribution in [3.05, 3.63) is 0 Å². The van der Waals surface area contributed by atoms with Crippen LogP contribution in [0.25, 0.3) is 0 Å². The van der Waals surface area contributed by atoms with E-state index in [1.807, 2.05) is 0 Å². The van der Waals surface area contributed by atoms with Gasteiger partial charge in [0.1, 0.15) is 0 Å². The summed E-state index contributed by atoms with van der Waals surface area (Å²) in [7, 11) is 0. The van der Waals surface area contributed by atoms with E-state index in [9.17, 15) is 5.11 Å². The van der Waals surface area contributed by atoms with Gasteiger partial charge >= 0.3 is 0 Å². The summed E-state index contributed by atoms with van der Waals surface area (Å²) < 4.78 is 5.39. The summed E-state index contributed by atoms with van der Waals surface area (Å²) in [6.45, 7) is 9.11. The maximum atomic E-state index is 10.0. The lowest BCUT2D eigenvalue weighted by molar-refractivity contribution is -0.0146. The van der Waals surface area contributed by atoms with Crippen molar-refractivity contribution in [3.8, 4) is 0 Å². The minimum absolute atomic E-state index is 0.175. The van der Waals surface area contributed by atoms with Crippen molar-refractivity contribution in [1.82, 2.24) is 4.90 Å². The highest BCUT2D eigenvalue weighted by molar-refractivity contribution is 4.72. The molecule has 0 bridgehead atoms. The van der Waals surface area contributed by atoms with Crippen molar-refractivity contribution in [2.24, 2.45) is 5.92 Å². The number of ether oxygens (including phenoxy) is 1. The first-order valence-electron chi connectivity index (χ1n) is 6.26. The van der Waals surface area contributed by atoms with E-state index in [0.717, 1.165) is 52.1 Å². The topological polar surface area (TPSA) is 32.7 Å². The fourth-order valence-corrected chi connectivity index (χ4v) is 2.16. The van der Waals surface area contributed by atoms with E-state index < -0.39 is 0 Å². The molecule has 1 rings (SSSR count). The molecule has 0 aromatic rings. The number of nitrogens with zero attached hydrogens (tertiary/aromatic N) is 1. The quantitative estimate of drug-likeness (QED) is 0.729. The monoisotopic (exact) mass is 215 g/mol. The minimum Gasteiger partial charge on any atom is -0.393 e. The van der Waals surface area contributed by atoms with Crippen LogP contribution in [0.3, 0.4) is 0 Å². The van der Waals surface area contributed by atoms with Crippen LogP contribution in [0.2, 0.25) is 0 Å². The van der Waals surface area contributed by atoms with E-state index in [1.54, 1.807) is 0 Å². The van der Waals surface area contributed by atoms with E-state index in [-0.39, 0.29) is 6.10 Å². The Labute approximate surface area is 93.4 Å². The number of aliphatic hydroxyl groups is 1. The molecule has 2 unspecified atom stereocenters. The lowest BCUT2D eigenvalue weighted by Crippen LogP contribution is -2.33. The van der Waals surface area contributed by atoms with Crippen molar-refractivity contribution in [3.63, 3.8) is 0 Å². The molecule has 0 radical (unpaired) electrons. The Morgan fingerprint density at radius 3 is 2.67 bits per heavy atom. The van der Waals surface area contributed by atoms with Gasteiger partial charge in [-0.2, -0.15) is 0 Å². The van der Waals surface area contributed by atoms with Gasteiger partial charge in [-0.3, -0.25) is 0 Å². The molecular formula is C12H25NO2. The molecule has 0 aromatic heterocycles. The third-order valence-corrected chi connectivity index (χ3v) is 3.38. The maximum Gasteiger partial charge on any atom is 0.0602 e. The fraction of sp³-hybridized carbons (Fsp3) is 1.00. The molecule has 1 aliphatic rings. The van der Waals surface area contributed by atoms with E-state index in [1.165, 1.54) is 0 Å². The van der Waals surface area contributed by atoms with Gasteiger partial charge in [-0.25, -0.2) is 0 Å². The van der Waals surface area contributed by atoms with Crippen LogP contribution in [0.15, 0.2) is 0 Å². The molecule has 1 fully saturated rings. The molecule has 0 saturated carbocycles. The summed E-state index contributed by atoms with van der Waals surface area (Å²) in [4.78, 5) is 2.35. The van der Waals surface area contributed by atoms with Crippen molar-refractivity contribution in [2.75, 3.05) is 32.8 Å². The third-order valence-electron chi connectivity index (χ3n) is 3.38. The van der Waals surface area contributed by atoms with E-state index in [4.69, 9.17) is 4.74 Å². The van der Waals surface area contributed by atoms with Gasteiger partial charge in [0.15, 0.2) is 0 Å². The lowest BCUT2D eigenvalue weighted by atomic mass is 9.94. The van der Waals surface area contributed by atoms with E-state index in [0.29, 0.717) is 5.92 Å². The highest BCUT2D eigenvalue weighted by Crippen LogP contribution is 2.19. The first-order valence-corrected chi connectivity index (χ1v) is 6.26. The normalized spacial score (nSPS) is 24.4. The average Bonchev–Trinajstić information content (AvgIpc) is 2.31. The second-order valence-electron chi connectivity index (χ2n) is 4.36. The van der Waals surface area contributed by atoms with Gasteiger partial charge in [0, 0.05) is 19.1 Å². The summed E-state index contributed by atoms with van der Waals surface area (Å²) in [6, 6.07) is 0. The van der Waals surface area contributed by atoms with Crippen molar-refractivity contribution < 1.29 is 9.84 Å². The molecule has 15 heavy (non-hydrogen) atoms. The Bertz CT molecular complexity index is 154. The number of aliphatic hydroxyl groups excluding tert-OH is 1. The van der Waals surface area contributed by atoms with Crippen LogP contribution in [0.4, 0.5) is 0 Å². The van der Waals surface area contributed by atoms with Crippen LogP contribution in [0, 0.1) is 5.92 Å². The summed E-state index contributed by atoms with van der Waals surface area (Å²) in [5.41, 5.74) is 0. The lowest BCUT2D eigenvalue weighted by Gasteiger charge is -2.28. The smallest absolute Gasteiger partial charge is 0.0602 e. The molecule has 1 heterocycles. The Morgan fingerprint density at radius 1 is 1.40 bits per heavy atom. The van der Waals surface area contributed by atoms with Crippen LogP contribution in [0.5, 0.6) is 0 Å². The van der Waals surface area contributed by atoms with Gasteiger partial charge in [-0.05, 0) is 32.4 Å². The van der Waals surface area contributed by atoms with Crippen molar-refractivity contribution in [2.45, 2.75) is 39.2 Å². The molecule has 0 aliphatic carbocycles. The average molecular weight is 215 g/mol. The van der Waals surface area contributed by atoms with Gasteiger partial charge in [0.2, 0.25) is 0 Å². The SMILES string of the molecule is CCN(CC)CCC(O)C1CCCOC1. The zero-order chi connectivity index (χ0) is 11.1. The van der Waals surface area contributed by atoms with Crippen LogP contribution >= 0.6 is 0 Å². The van der Waals surface area contributed by atoms with Crippen molar-refractivity contribution in [1.29, 1.82) is 0 Å². The first-order chi connectivity index (χ1) is 7.27. The summed E-state index contributed by atoms with van der Waals surface area (Å²) >= 11 is 0. The number of rotatable bonds is 6. The fourth-order valence-electron chi connectivity index (χ4n) is 2.16. The molecule has 1 saturated heterocycles. The summed E-state index contributed by atoms with van der Waals surface area (Å²) in [6.07, 6.45) is 2.94. The van der Waals surface area contributed by atoms with Crippen LogP contribution in [0.1, 0.15) is 33.1 Å². The summed E-state index contributed by atoms with van der Waals surface area (Å²) in [5.74, 6) is 0.370. The molecule has 90 valence electrons.